The first-order valence-corrected chi connectivity index (χ1v) is 4.23. The van der Waals surface area contributed by atoms with Gasteiger partial charge in [0.25, 0.3) is 5.69 Å². The lowest BCUT2D eigenvalue weighted by Crippen LogP contribution is -2.28. The van der Waals surface area contributed by atoms with E-state index in [-0.39, 0.29) is 11.4 Å². The Morgan fingerprint density at radius 2 is 2.12 bits per heavy atom. The molecule has 88 valence electrons. The van der Waals surface area contributed by atoms with Gasteiger partial charge in [0.1, 0.15) is 12.1 Å². The molecule has 0 radical (unpaired) electrons. The van der Waals surface area contributed by atoms with Crippen LogP contribution in [0.5, 0.6) is 0 Å². The number of pyridine rings is 1. The molecule has 1 heterocycles. The zero-order valence-corrected chi connectivity index (χ0v) is 7.94. The number of nitrogens with zero attached hydrogens (tertiary/aromatic N) is 2. The number of halogens is 3. The van der Waals surface area contributed by atoms with Crippen molar-refractivity contribution in [3.63, 3.8) is 0 Å². The summed E-state index contributed by atoms with van der Waals surface area (Å²) in [4.78, 5) is 12.9. The maximum absolute atomic E-state index is 12.4. The third-order valence-corrected chi connectivity index (χ3v) is 1.97. The van der Waals surface area contributed by atoms with Crippen molar-refractivity contribution in [3.8, 4) is 0 Å². The maximum atomic E-state index is 12.4. The maximum Gasteiger partial charge on any atom is 0.398 e. The van der Waals surface area contributed by atoms with E-state index in [1.165, 1.54) is 0 Å². The van der Waals surface area contributed by atoms with Crippen LogP contribution in [0, 0.1) is 10.1 Å². The average molecular weight is 235 g/mol. The molecule has 1 unspecified atom stereocenters. The Bertz CT molecular complexity index is 377. The van der Waals surface area contributed by atoms with Crippen LogP contribution in [-0.2, 0) is 0 Å². The van der Waals surface area contributed by atoms with Gasteiger partial charge in [-0.05, 0) is 6.07 Å². The first kappa shape index (κ1) is 12.4. The van der Waals surface area contributed by atoms with Gasteiger partial charge in [-0.2, -0.15) is 13.2 Å². The van der Waals surface area contributed by atoms with Crippen molar-refractivity contribution in [1.29, 1.82) is 0 Å². The number of aromatic nitrogens is 1. The van der Waals surface area contributed by atoms with Gasteiger partial charge in [0.05, 0.1) is 10.6 Å². The molecule has 0 saturated carbocycles. The summed E-state index contributed by atoms with van der Waals surface area (Å²) in [6, 6.07) is 1.93. The average Bonchev–Trinajstić information content (AvgIpc) is 2.17. The summed E-state index contributed by atoms with van der Waals surface area (Å²) >= 11 is 0. The molecular weight excluding hydrogens is 227 g/mol. The highest BCUT2D eigenvalue weighted by atomic mass is 19.4. The lowest BCUT2D eigenvalue weighted by molar-refractivity contribution is -0.385. The van der Waals surface area contributed by atoms with Crippen molar-refractivity contribution in [1.82, 2.24) is 4.98 Å². The van der Waals surface area contributed by atoms with Gasteiger partial charge in [-0.25, -0.2) is 0 Å². The van der Waals surface area contributed by atoms with Crippen molar-refractivity contribution >= 4 is 5.69 Å². The van der Waals surface area contributed by atoms with Crippen LogP contribution < -0.4 is 5.73 Å². The Balaban J connectivity index is 3.00. The smallest absolute Gasteiger partial charge is 0.329 e. The van der Waals surface area contributed by atoms with Crippen LogP contribution in [0.25, 0.3) is 0 Å². The van der Waals surface area contributed by atoms with Crippen LogP contribution in [0.2, 0.25) is 0 Å². The van der Waals surface area contributed by atoms with Crippen molar-refractivity contribution in [2.45, 2.75) is 12.1 Å². The second-order valence-electron chi connectivity index (χ2n) is 3.03. The van der Waals surface area contributed by atoms with E-state index in [1.54, 1.807) is 0 Å². The van der Waals surface area contributed by atoms with Crippen molar-refractivity contribution in [3.05, 3.63) is 34.1 Å². The molecule has 1 aromatic heterocycles. The fourth-order valence-electron chi connectivity index (χ4n) is 1.13. The molecule has 0 bridgehead atoms. The second-order valence-corrected chi connectivity index (χ2v) is 3.03. The van der Waals surface area contributed by atoms with Gasteiger partial charge in [0.2, 0.25) is 0 Å². The quantitative estimate of drug-likeness (QED) is 0.637. The number of alkyl halides is 3. The van der Waals surface area contributed by atoms with Gasteiger partial charge in [-0.3, -0.25) is 15.1 Å². The van der Waals surface area contributed by atoms with E-state index in [1.807, 2.05) is 0 Å². The Morgan fingerprint density at radius 3 is 2.44 bits per heavy atom. The molecule has 5 nitrogen and oxygen atoms in total. The fraction of sp³-hybridized carbons (Fsp3) is 0.375. The van der Waals surface area contributed by atoms with E-state index in [2.05, 4.69) is 4.98 Å². The molecule has 0 spiro atoms. The van der Waals surface area contributed by atoms with E-state index in [9.17, 15) is 23.3 Å². The number of rotatable bonds is 3. The molecule has 0 amide bonds. The van der Waals surface area contributed by atoms with Crippen LogP contribution >= 0.6 is 0 Å². The summed E-state index contributed by atoms with van der Waals surface area (Å²) in [5.74, 6) is -1.90. The SMILES string of the molecule is NCC(c1ccc([N+](=O)[O-])cn1)C(F)(F)F. The van der Waals surface area contributed by atoms with Gasteiger partial charge in [-0.15, -0.1) is 0 Å². The largest absolute Gasteiger partial charge is 0.398 e. The molecule has 0 aliphatic rings. The first-order chi connectivity index (χ1) is 7.36. The monoisotopic (exact) mass is 235 g/mol. The molecule has 0 fully saturated rings. The molecule has 1 atom stereocenters. The van der Waals surface area contributed by atoms with E-state index in [0.29, 0.717) is 0 Å². The van der Waals surface area contributed by atoms with E-state index < -0.39 is 23.6 Å². The summed E-state index contributed by atoms with van der Waals surface area (Å²) < 4.78 is 37.2. The molecule has 2 N–H and O–H groups in total. The number of hydrogen-bond donors (Lipinski definition) is 1. The van der Waals surface area contributed by atoms with Crippen LogP contribution in [0.4, 0.5) is 18.9 Å². The lowest BCUT2D eigenvalue weighted by Gasteiger charge is -2.17. The third-order valence-electron chi connectivity index (χ3n) is 1.97. The van der Waals surface area contributed by atoms with Gasteiger partial charge in [0, 0.05) is 12.6 Å². The van der Waals surface area contributed by atoms with Gasteiger partial charge in [-0.1, -0.05) is 0 Å². The summed E-state index contributed by atoms with van der Waals surface area (Å²) in [5, 5.41) is 10.3. The van der Waals surface area contributed by atoms with Crippen LogP contribution in [-0.4, -0.2) is 22.6 Å². The second kappa shape index (κ2) is 4.44. The highest BCUT2D eigenvalue weighted by Gasteiger charge is 2.40. The normalized spacial score (nSPS) is 13.5. The van der Waals surface area contributed by atoms with Gasteiger partial charge in [0.15, 0.2) is 0 Å². The summed E-state index contributed by atoms with van der Waals surface area (Å²) in [6.07, 6.45) is -3.72. The molecular formula is C8H8F3N3O2. The molecule has 0 aliphatic heterocycles. The zero-order chi connectivity index (χ0) is 12.3. The van der Waals surface area contributed by atoms with E-state index in [0.717, 1.165) is 18.3 Å². The summed E-state index contributed by atoms with van der Waals surface area (Å²) in [7, 11) is 0. The van der Waals surface area contributed by atoms with E-state index in [4.69, 9.17) is 5.73 Å². The number of nitrogens with two attached hydrogens (primary N) is 1. The Labute approximate surface area is 88.2 Å². The van der Waals surface area contributed by atoms with Crippen LogP contribution in [0.1, 0.15) is 11.6 Å². The molecule has 8 heteroatoms. The van der Waals surface area contributed by atoms with Crippen molar-refractivity contribution in [2.75, 3.05) is 6.54 Å². The minimum absolute atomic E-state index is 0.319. The Kier molecular flexibility index (Phi) is 3.43. The summed E-state index contributed by atoms with van der Waals surface area (Å²) in [6.45, 7) is -0.645. The number of hydrogen-bond acceptors (Lipinski definition) is 4. The third kappa shape index (κ3) is 2.66. The zero-order valence-electron chi connectivity index (χ0n) is 7.94. The lowest BCUT2D eigenvalue weighted by atomic mass is 10.0. The highest BCUT2D eigenvalue weighted by Crippen LogP contribution is 2.33. The van der Waals surface area contributed by atoms with Crippen LogP contribution in [0.15, 0.2) is 18.3 Å². The van der Waals surface area contributed by atoms with Gasteiger partial charge >= 0.3 is 6.18 Å². The standard InChI is InChI=1S/C8H8F3N3O2/c9-8(10,11)6(3-12)7-2-1-5(4-13-7)14(15)16/h1-2,4,6H,3,12H2. The van der Waals surface area contributed by atoms with Crippen molar-refractivity contribution in [2.24, 2.45) is 5.73 Å². The predicted octanol–water partition coefficient (Wildman–Crippen LogP) is 1.59. The van der Waals surface area contributed by atoms with Crippen molar-refractivity contribution < 1.29 is 18.1 Å². The molecule has 0 aromatic carbocycles. The minimum Gasteiger partial charge on any atom is -0.329 e. The molecule has 0 saturated heterocycles. The molecule has 16 heavy (non-hydrogen) atoms. The number of nitro groups is 1. The fourth-order valence-corrected chi connectivity index (χ4v) is 1.13. The Hall–Kier alpha value is -1.70. The Morgan fingerprint density at radius 1 is 1.50 bits per heavy atom. The topological polar surface area (TPSA) is 82.0 Å². The molecule has 0 aliphatic carbocycles. The van der Waals surface area contributed by atoms with Gasteiger partial charge < -0.3 is 5.73 Å². The summed E-state index contributed by atoms with van der Waals surface area (Å²) in [5.41, 5.74) is 4.32. The van der Waals surface area contributed by atoms with E-state index >= 15 is 0 Å². The molecule has 1 rings (SSSR count). The van der Waals surface area contributed by atoms with Crippen LogP contribution in [0.3, 0.4) is 0 Å². The highest BCUT2D eigenvalue weighted by molar-refractivity contribution is 5.28. The molecule has 1 aromatic rings. The predicted molar refractivity (Wildman–Crippen MR) is 48.7 cm³/mol. The minimum atomic E-state index is -4.50. The first-order valence-electron chi connectivity index (χ1n) is 4.23.